The molecule has 0 saturated carbocycles. The minimum Gasteiger partial charge on any atom is -0.247 e. The maximum Gasteiger partial charge on any atom is 0.157 e. The molecule has 0 radical (unpaired) electrons. The summed E-state index contributed by atoms with van der Waals surface area (Å²) >= 11 is 0. The third-order valence-electron chi connectivity index (χ3n) is 1.96. The van der Waals surface area contributed by atoms with E-state index in [1.807, 2.05) is 6.92 Å². The van der Waals surface area contributed by atoms with Crippen molar-refractivity contribution in [2.24, 2.45) is 5.92 Å². The van der Waals surface area contributed by atoms with Gasteiger partial charge >= 0.3 is 0 Å². The Morgan fingerprint density at radius 1 is 1.70 bits per heavy atom. The van der Waals surface area contributed by atoms with E-state index in [0.29, 0.717) is 12.3 Å². The predicted molar refractivity (Wildman–Crippen MR) is 37.4 cm³/mol. The highest BCUT2D eigenvalue weighted by Gasteiger charge is 2.29. The lowest BCUT2D eigenvalue weighted by Crippen LogP contribution is -2.26. The highest BCUT2D eigenvalue weighted by molar-refractivity contribution is 5.07. The van der Waals surface area contributed by atoms with Crippen LogP contribution in [0, 0.1) is 5.92 Å². The third-order valence-corrected chi connectivity index (χ3v) is 1.96. The largest absolute Gasteiger partial charge is 0.247 e. The summed E-state index contributed by atoms with van der Waals surface area (Å²) in [6.45, 7) is 1.13. The lowest BCUT2D eigenvalue weighted by atomic mass is 9.88. The van der Waals surface area contributed by atoms with Crippen molar-refractivity contribution < 1.29 is 8.78 Å². The van der Waals surface area contributed by atoms with Gasteiger partial charge in [0.25, 0.3) is 0 Å². The van der Waals surface area contributed by atoms with Crippen molar-refractivity contribution in [3.05, 3.63) is 12.2 Å². The summed E-state index contributed by atoms with van der Waals surface area (Å²) in [5.74, 6) is 0.412. The van der Waals surface area contributed by atoms with Gasteiger partial charge < -0.3 is 0 Å². The van der Waals surface area contributed by atoms with Crippen LogP contribution in [0.3, 0.4) is 0 Å². The minimum atomic E-state index is -1.65. The molecule has 1 rings (SSSR count). The van der Waals surface area contributed by atoms with E-state index in [1.165, 1.54) is 6.08 Å². The zero-order valence-corrected chi connectivity index (χ0v) is 6.11. The Hall–Kier alpha value is -0.400. The van der Waals surface area contributed by atoms with Crippen molar-refractivity contribution in [3.8, 4) is 0 Å². The van der Waals surface area contributed by atoms with Crippen LogP contribution < -0.4 is 0 Å². The molecule has 0 aromatic rings. The van der Waals surface area contributed by atoms with Crippen LogP contribution in [0.1, 0.15) is 19.8 Å². The summed E-state index contributed by atoms with van der Waals surface area (Å²) in [5.41, 5.74) is -1.65. The maximum absolute atomic E-state index is 13.0. The molecule has 0 aromatic heterocycles. The Kier molecular flexibility index (Phi) is 2.07. The monoisotopic (exact) mass is 146 g/mol. The molecule has 0 nitrogen and oxygen atoms in total. The van der Waals surface area contributed by atoms with E-state index in [1.54, 1.807) is 6.08 Å². The molecular formula is C8H12F2. The Morgan fingerprint density at radius 3 is 2.80 bits per heavy atom. The number of allylic oxidation sites excluding steroid dienone is 2. The van der Waals surface area contributed by atoms with E-state index in [4.69, 9.17) is 0 Å². The van der Waals surface area contributed by atoms with Gasteiger partial charge in [-0.15, -0.1) is 0 Å². The van der Waals surface area contributed by atoms with Gasteiger partial charge in [-0.25, -0.2) is 8.78 Å². The molecule has 0 aliphatic heterocycles. The van der Waals surface area contributed by atoms with E-state index in [-0.39, 0.29) is 0 Å². The molecule has 0 aromatic carbocycles. The minimum absolute atomic E-state index is 0.334. The smallest absolute Gasteiger partial charge is 0.157 e. The Balaban J connectivity index is 2.59. The molecule has 0 spiro atoms. The molecular weight excluding hydrogens is 134 g/mol. The van der Waals surface area contributed by atoms with E-state index in [9.17, 15) is 8.78 Å². The Bertz CT molecular complexity index is 142. The summed E-state index contributed by atoms with van der Waals surface area (Å²) in [5, 5.41) is 0. The maximum atomic E-state index is 13.0. The van der Waals surface area contributed by atoms with Crippen LogP contribution in [0.5, 0.6) is 0 Å². The van der Waals surface area contributed by atoms with Crippen LogP contribution in [0.15, 0.2) is 12.2 Å². The fourth-order valence-electron chi connectivity index (χ4n) is 1.10. The average Bonchev–Trinajstić information content (AvgIpc) is 1.96. The molecule has 2 atom stereocenters. The van der Waals surface area contributed by atoms with Gasteiger partial charge in [-0.3, -0.25) is 0 Å². The molecule has 58 valence electrons. The van der Waals surface area contributed by atoms with Crippen LogP contribution in [-0.4, -0.2) is 12.3 Å². The van der Waals surface area contributed by atoms with Gasteiger partial charge in [-0.1, -0.05) is 13.0 Å². The van der Waals surface area contributed by atoms with Crippen LogP contribution in [0.2, 0.25) is 0 Å². The molecule has 0 fully saturated rings. The average molecular weight is 146 g/mol. The topological polar surface area (TPSA) is 0 Å². The van der Waals surface area contributed by atoms with Crippen LogP contribution in [-0.2, 0) is 0 Å². The van der Waals surface area contributed by atoms with Crippen molar-refractivity contribution >= 4 is 0 Å². The predicted octanol–water partition coefficient (Wildman–Crippen LogP) is 2.65. The normalized spacial score (nSPS) is 40.1. The summed E-state index contributed by atoms with van der Waals surface area (Å²) in [4.78, 5) is 0. The number of halogens is 2. The van der Waals surface area contributed by atoms with Gasteiger partial charge in [0.15, 0.2) is 5.67 Å². The number of hydrogen-bond acceptors (Lipinski definition) is 0. The lowest BCUT2D eigenvalue weighted by molar-refractivity contribution is 0.147. The SMILES string of the molecule is C[C@H]1C=CC(F)(CF)CC1. The second kappa shape index (κ2) is 2.69. The standard InChI is InChI=1S/C8H12F2/c1-7-2-4-8(10,6-9)5-3-7/h2,4,7H,3,5-6H2,1H3/t7-,8?/m0/s1. The van der Waals surface area contributed by atoms with E-state index >= 15 is 0 Å². The van der Waals surface area contributed by atoms with Crippen molar-refractivity contribution in [1.82, 2.24) is 0 Å². The summed E-state index contributed by atoms with van der Waals surface area (Å²) in [6.07, 6.45) is 4.21. The molecule has 0 heterocycles. The molecule has 1 unspecified atom stereocenters. The summed E-state index contributed by atoms with van der Waals surface area (Å²) < 4.78 is 25.0. The van der Waals surface area contributed by atoms with Crippen LogP contribution in [0.25, 0.3) is 0 Å². The van der Waals surface area contributed by atoms with E-state index in [2.05, 4.69) is 0 Å². The van der Waals surface area contributed by atoms with Crippen molar-refractivity contribution in [2.45, 2.75) is 25.4 Å². The van der Waals surface area contributed by atoms with Crippen molar-refractivity contribution in [1.29, 1.82) is 0 Å². The van der Waals surface area contributed by atoms with Crippen LogP contribution >= 0.6 is 0 Å². The molecule has 10 heavy (non-hydrogen) atoms. The molecule has 0 saturated heterocycles. The first-order valence-electron chi connectivity index (χ1n) is 3.60. The molecule has 0 bridgehead atoms. The molecule has 2 heteroatoms. The lowest BCUT2D eigenvalue weighted by Gasteiger charge is -2.23. The highest BCUT2D eigenvalue weighted by Crippen LogP contribution is 2.29. The van der Waals surface area contributed by atoms with Gasteiger partial charge in [0.1, 0.15) is 6.67 Å². The zero-order chi connectivity index (χ0) is 7.61. The molecule has 0 N–H and O–H groups in total. The van der Waals surface area contributed by atoms with E-state index in [0.717, 1.165) is 6.42 Å². The van der Waals surface area contributed by atoms with Crippen LogP contribution in [0.4, 0.5) is 8.78 Å². The summed E-state index contributed by atoms with van der Waals surface area (Å²) in [7, 11) is 0. The van der Waals surface area contributed by atoms with Gasteiger partial charge in [0.05, 0.1) is 0 Å². The van der Waals surface area contributed by atoms with Crippen molar-refractivity contribution in [2.75, 3.05) is 6.67 Å². The second-order valence-corrected chi connectivity index (χ2v) is 3.04. The Morgan fingerprint density at radius 2 is 2.40 bits per heavy atom. The molecule has 0 amide bonds. The molecule has 1 aliphatic carbocycles. The van der Waals surface area contributed by atoms with Gasteiger partial charge in [0.2, 0.25) is 0 Å². The Labute approximate surface area is 59.9 Å². The first-order chi connectivity index (χ1) is 4.66. The summed E-state index contributed by atoms with van der Waals surface area (Å²) in [6, 6.07) is 0. The van der Waals surface area contributed by atoms with Gasteiger partial charge in [-0.2, -0.15) is 0 Å². The number of rotatable bonds is 1. The van der Waals surface area contributed by atoms with Gasteiger partial charge in [-0.05, 0) is 24.8 Å². The van der Waals surface area contributed by atoms with Crippen molar-refractivity contribution in [3.63, 3.8) is 0 Å². The molecule has 1 aliphatic rings. The second-order valence-electron chi connectivity index (χ2n) is 3.04. The fraction of sp³-hybridized carbons (Fsp3) is 0.750. The van der Waals surface area contributed by atoms with E-state index < -0.39 is 12.3 Å². The number of alkyl halides is 2. The third kappa shape index (κ3) is 1.55. The fourth-order valence-corrected chi connectivity index (χ4v) is 1.10. The number of hydrogen-bond donors (Lipinski definition) is 0. The first kappa shape index (κ1) is 7.70. The first-order valence-corrected chi connectivity index (χ1v) is 3.60. The quantitative estimate of drug-likeness (QED) is 0.499. The highest BCUT2D eigenvalue weighted by atomic mass is 19.2. The zero-order valence-electron chi connectivity index (χ0n) is 6.11. The van der Waals surface area contributed by atoms with Gasteiger partial charge in [0, 0.05) is 0 Å².